The Morgan fingerprint density at radius 1 is 1.65 bits per heavy atom. The van der Waals surface area contributed by atoms with Crippen molar-refractivity contribution in [2.45, 2.75) is 33.2 Å². The first-order chi connectivity index (χ1) is 8.03. The molecule has 1 aromatic heterocycles. The van der Waals surface area contributed by atoms with Crippen LogP contribution in [0.2, 0.25) is 0 Å². The molecule has 2 N–H and O–H groups in total. The minimum absolute atomic E-state index is 0.0740. The van der Waals surface area contributed by atoms with Crippen molar-refractivity contribution >= 4 is 11.7 Å². The maximum atomic E-state index is 12.2. The van der Waals surface area contributed by atoms with E-state index in [4.69, 9.17) is 0 Å². The third-order valence-corrected chi connectivity index (χ3v) is 3.32. The Bertz CT molecular complexity index is 404. The zero-order valence-corrected chi connectivity index (χ0v) is 10.7. The fourth-order valence-corrected chi connectivity index (χ4v) is 2.10. The molecule has 17 heavy (non-hydrogen) atoms. The molecule has 0 radical (unpaired) electrons. The summed E-state index contributed by atoms with van der Waals surface area (Å²) in [4.78, 5) is 12.2. The first kappa shape index (κ1) is 12.1. The van der Waals surface area contributed by atoms with Crippen molar-refractivity contribution in [2.24, 2.45) is 5.41 Å². The number of nitrogens with zero attached hydrogens (tertiary/aromatic N) is 2. The van der Waals surface area contributed by atoms with Gasteiger partial charge in [-0.25, -0.2) is 4.68 Å². The van der Waals surface area contributed by atoms with E-state index in [1.807, 2.05) is 31.5 Å². The van der Waals surface area contributed by atoms with Crippen LogP contribution >= 0.6 is 0 Å². The Morgan fingerprint density at radius 3 is 3.00 bits per heavy atom. The molecule has 1 fully saturated rings. The van der Waals surface area contributed by atoms with Crippen LogP contribution in [-0.2, 0) is 4.79 Å². The summed E-state index contributed by atoms with van der Waals surface area (Å²) >= 11 is 0. The quantitative estimate of drug-likeness (QED) is 0.834. The molecular formula is C12H20N4O. The lowest BCUT2D eigenvalue weighted by molar-refractivity contribution is -0.123. The van der Waals surface area contributed by atoms with Crippen LogP contribution in [0.15, 0.2) is 12.3 Å². The maximum absolute atomic E-state index is 12.2. The zero-order valence-electron chi connectivity index (χ0n) is 10.7. The Kier molecular flexibility index (Phi) is 3.19. The first-order valence-electron chi connectivity index (χ1n) is 6.09. The predicted octanol–water partition coefficient (Wildman–Crippen LogP) is 1.40. The van der Waals surface area contributed by atoms with Gasteiger partial charge in [-0.3, -0.25) is 4.79 Å². The van der Waals surface area contributed by atoms with Gasteiger partial charge in [0.2, 0.25) is 5.91 Å². The molecule has 0 saturated carbocycles. The van der Waals surface area contributed by atoms with Crippen molar-refractivity contribution in [3.05, 3.63) is 12.3 Å². The average molecular weight is 236 g/mol. The van der Waals surface area contributed by atoms with Crippen molar-refractivity contribution in [1.82, 2.24) is 15.1 Å². The number of carbonyl (C=O) groups excluding carboxylic acids is 1. The van der Waals surface area contributed by atoms with Gasteiger partial charge < -0.3 is 10.6 Å². The van der Waals surface area contributed by atoms with Crippen molar-refractivity contribution in [3.8, 4) is 0 Å². The third-order valence-electron chi connectivity index (χ3n) is 3.32. The number of rotatable bonds is 3. The van der Waals surface area contributed by atoms with E-state index < -0.39 is 0 Å². The number of aromatic nitrogens is 2. The molecular weight excluding hydrogens is 216 g/mol. The monoisotopic (exact) mass is 236 g/mol. The lowest BCUT2D eigenvalue weighted by Gasteiger charge is -2.22. The van der Waals surface area contributed by atoms with E-state index in [0.29, 0.717) is 0 Å². The molecule has 2 heterocycles. The second kappa shape index (κ2) is 4.49. The highest BCUT2D eigenvalue weighted by atomic mass is 16.2. The van der Waals surface area contributed by atoms with E-state index in [9.17, 15) is 4.79 Å². The highest BCUT2D eigenvalue weighted by molar-refractivity contribution is 5.94. The van der Waals surface area contributed by atoms with Gasteiger partial charge >= 0.3 is 0 Å². The number of amides is 1. The fourth-order valence-electron chi connectivity index (χ4n) is 2.10. The molecule has 0 aromatic carbocycles. The highest BCUT2D eigenvalue weighted by Gasteiger charge is 2.36. The van der Waals surface area contributed by atoms with Crippen LogP contribution in [0.3, 0.4) is 0 Å². The summed E-state index contributed by atoms with van der Waals surface area (Å²) in [5, 5.41) is 10.4. The van der Waals surface area contributed by atoms with E-state index >= 15 is 0 Å². The molecule has 1 atom stereocenters. The molecule has 1 aromatic rings. The molecule has 0 bridgehead atoms. The number of carbonyl (C=O) groups is 1. The lowest BCUT2D eigenvalue weighted by atomic mass is 9.89. The van der Waals surface area contributed by atoms with E-state index in [1.54, 1.807) is 6.20 Å². The Hall–Kier alpha value is -1.36. The Balaban J connectivity index is 2.10. The summed E-state index contributed by atoms with van der Waals surface area (Å²) in [6.45, 7) is 7.74. The highest BCUT2D eigenvalue weighted by Crippen LogP contribution is 2.26. The van der Waals surface area contributed by atoms with E-state index in [2.05, 4.69) is 15.7 Å². The van der Waals surface area contributed by atoms with Gasteiger partial charge in [-0.15, -0.1) is 0 Å². The summed E-state index contributed by atoms with van der Waals surface area (Å²) in [5.41, 5.74) is -0.300. The smallest absolute Gasteiger partial charge is 0.232 e. The first-order valence-corrected chi connectivity index (χ1v) is 6.09. The topological polar surface area (TPSA) is 59.0 Å². The standard InChI is InChI=1S/C12H20N4O/c1-9(2)16-10(4-6-14-16)15-11(17)12(3)5-7-13-8-12/h4,6,9,13H,5,7-8H2,1-3H3,(H,15,17). The minimum Gasteiger partial charge on any atom is -0.316 e. The second-order valence-electron chi connectivity index (χ2n) is 5.20. The molecule has 1 unspecified atom stereocenters. The average Bonchev–Trinajstić information content (AvgIpc) is 2.87. The SMILES string of the molecule is CC(C)n1nccc1NC(=O)C1(C)CCNC1. The molecule has 5 nitrogen and oxygen atoms in total. The van der Waals surface area contributed by atoms with Crippen LogP contribution in [-0.4, -0.2) is 28.8 Å². The Morgan fingerprint density at radius 2 is 2.41 bits per heavy atom. The predicted molar refractivity (Wildman–Crippen MR) is 66.8 cm³/mol. The molecule has 0 aliphatic carbocycles. The van der Waals surface area contributed by atoms with E-state index in [0.717, 1.165) is 25.3 Å². The molecule has 5 heteroatoms. The lowest BCUT2D eigenvalue weighted by Crippen LogP contribution is -2.36. The Labute approximate surface area is 102 Å². The van der Waals surface area contributed by atoms with Gasteiger partial charge in [-0.2, -0.15) is 5.10 Å². The van der Waals surface area contributed by atoms with Gasteiger partial charge in [0.1, 0.15) is 5.82 Å². The van der Waals surface area contributed by atoms with Gasteiger partial charge in [0.25, 0.3) is 0 Å². The van der Waals surface area contributed by atoms with Crippen LogP contribution < -0.4 is 10.6 Å². The van der Waals surface area contributed by atoms with Crippen molar-refractivity contribution in [2.75, 3.05) is 18.4 Å². The number of nitrogens with one attached hydrogen (secondary N) is 2. The van der Waals surface area contributed by atoms with Gasteiger partial charge in [-0.1, -0.05) is 0 Å². The van der Waals surface area contributed by atoms with Crippen LogP contribution in [0.25, 0.3) is 0 Å². The summed E-state index contributed by atoms with van der Waals surface area (Å²) < 4.78 is 1.82. The van der Waals surface area contributed by atoms with Crippen LogP contribution in [0.4, 0.5) is 5.82 Å². The van der Waals surface area contributed by atoms with Gasteiger partial charge in [0.05, 0.1) is 11.6 Å². The molecule has 1 amide bonds. The maximum Gasteiger partial charge on any atom is 0.232 e. The minimum atomic E-state index is -0.300. The van der Waals surface area contributed by atoms with Crippen LogP contribution in [0.5, 0.6) is 0 Å². The number of hydrogen-bond donors (Lipinski definition) is 2. The third kappa shape index (κ3) is 2.34. The van der Waals surface area contributed by atoms with Crippen molar-refractivity contribution in [3.63, 3.8) is 0 Å². The van der Waals surface area contributed by atoms with Crippen LogP contribution in [0.1, 0.15) is 33.2 Å². The number of anilines is 1. The normalized spacial score (nSPS) is 24.2. The zero-order chi connectivity index (χ0) is 12.5. The van der Waals surface area contributed by atoms with Gasteiger partial charge in [0.15, 0.2) is 0 Å². The molecule has 1 saturated heterocycles. The molecule has 0 spiro atoms. The fraction of sp³-hybridized carbons (Fsp3) is 0.667. The second-order valence-corrected chi connectivity index (χ2v) is 5.20. The summed E-state index contributed by atoms with van der Waals surface area (Å²) in [6.07, 6.45) is 2.60. The molecule has 1 aliphatic heterocycles. The summed E-state index contributed by atoms with van der Waals surface area (Å²) in [6, 6.07) is 2.08. The summed E-state index contributed by atoms with van der Waals surface area (Å²) in [7, 11) is 0. The number of hydrogen-bond acceptors (Lipinski definition) is 3. The molecule has 1 aliphatic rings. The van der Waals surface area contributed by atoms with Gasteiger partial charge in [0, 0.05) is 18.7 Å². The van der Waals surface area contributed by atoms with Crippen molar-refractivity contribution in [1.29, 1.82) is 0 Å². The largest absolute Gasteiger partial charge is 0.316 e. The van der Waals surface area contributed by atoms with Crippen molar-refractivity contribution < 1.29 is 4.79 Å². The molecule has 94 valence electrons. The summed E-state index contributed by atoms with van der Waals surface area (Å²) in [5.74, 6) is 0.850. The van der Waals surface area contributed by atoms with E-state index in [1.165, 1.54) is 0 Å². The van der Waals surface area contributed by atoms with E-state index in [-0.39, 0.29) is 17.4 Å². The molecule has 2 rings (SSSR count). The van der Waals surface area contributed by atoms with Gasteiger partial charge in [-0.05, 0) is 33.7 Å². The van der Waals surface area contributed by atoms with Crippen LogP contribution in [0, 0.1) is 5.41 Å².